The maximum atomic E-state index is 6.21. The van der Waals surface area contributed by atoms with Gasteiger partial charge in [-0.05, 0) is 34.6 Å². The molecule has 21 heavy (non-hydrogen) atoms. The van der Waals surface area contributed by atoms with Crippen molar-refractivity contribution in [3.8, 4) is 0 Å². The van der Waals surface area contributed by atoms with E-state index in [0.29, 0.717) is 5.02 Å². The summed E-state index contributed by atoms with van der Waals surface area (Å²) in [6.07, 6.45) is 4.15. The van der Waals surface area contributed by atoms with E-state index in [4.69, 9.17) is 17.4 Å². The van der Waals surface area contributed by atoms with Crippen LogP contribution in [0.2, 0.25) is 5.02 Å². The number of nitrogens with zero attached hydrogens (tertiary/aromatic N) is 1. The Hall–Kier alpha value is -1.42. The van der Waals surface area contributed by atoms with Gasteiger partial charge >= 0.3 is 0 Å². The summed E-state index contributed by atoms with van der Waals surface area (Å²) < 4.78 is 0. The lowest BCUT2D eigenvalue weighted by molar-refractivity contribution is 0.518. The molecular weight excluding hydrogens is 282 g/mol. The number of hydrogen-bond acceptors (Lipinski definition) is 3. The van der Waals surface area contributed by atoms with E-state index < -0.39 is 0 Å². The molecule has 0 aliphatic rings. The van der Waals surface area contributed by atoms with Crippen LogP contribution in [0.25, 0.3) is 0 Å². The van der Waals surface area contributed by atoms with Gasteiger partial charge in [0.1, 0.15) is 0 Å². The van der Waals surface area contributed by atoms with E-state index in [-0.39, 0.29) is 11.5 Å². The Morgan fingerprint density at radius 2 is 1.95 bits per heavy atom. The number of rotatable bonds is 4. The number of pyridine rings is 1. The first-order chi connectivity index (χ1) is 9.93. The minimum atomic E-state index is 0.0142. The lowest BCUT2D eigenvalue weighted by Gasteiger charge is -2.27. The highest BCUT2D eigenvalue weighted by Crippen LogP contribution is 2.31. The summed E-state index contributed by atoms with van der Waals surface area (Å²) in [5.41, 5.74) is 6.53. The maximum Gasteiger partial charge on any atom is 0.0622 e. The van der Waals surface area contributed by atoms with Crippen LogP contribution in [0.5, 0.6) is 0 Å². The van der Waals surface area contributed by atoms with E-state index in [1.165, 1.54) is 11.1 Å². The summed E-state index contributed by atoms with van der Waals surface area (Å²) in [5.74, 6) is 5.81. The van der Waals surface area contributed by atoms with Gasteiger partial charge in [-0.25, -0.2) is 0 Å². The van der Waals surface area contributed by atoms with E-state index in [1.807, 2.05) is 12.1 Å². The quantitative estimate of drug-likeness (QED) is 0.667. The van der Waals surface area contributed by atoms with E-state index in [0.717, 1.165) is 12.0 Å². The minimum absolute atomic E-state index is 0.0142. The fourth-order valence-corrected chi connectivity index (χ4v) is 2.73. The van der Waals surface area contributed by atoms with Crippen molar-refractivity contribution in [3.05, 3.63) is 64.4 Å². The monoisotopic (exact) mass is 303 g/mol. The third-order valence-corrected chi connectivity index (χ3v) is 3.97. The number of aromatic nitrogens is 1. The molecule has 0 amide bonds. The molecule has 0 spiro atoms. The van der Waals surface area contributed by atoms with Crippen LogP contribution >= 0.6 is 11.6 Å². The van der Waals surface area contributed by atoms with Crippen molar-refractivity contribution in [2.75, 3.05) is 0 Å². The molecule has 0 aliphatic carbocycles. The maximum absolute atomic E-state index is 6.21. The van der Waals surface area contributed by atoms with Crippen LogP contribution in [0.3, 0.4) is 0 Å². The minimum Gasteiger partial charge on any atom is -0.271 e. The van der Waals surface area contributed by atoms with Gasteiger partial charge in [-0.1, -0.05) is 56.6 Å². The largest absolute Gasteiger partial charge is 0.271 e. The fourth-order valence-electron chi connectivity index (χ4n) is 2.53. The highest BCUT2D eigenvalue weighted by molar-refractivity contribution is 6.31. The summed E-state index contributed by atoms with van der Waals surface area (Å²) >= 11 is 6.21. The molecule has 2 aromatic rings. The zero-order valence-corrected chi connectivity index (χ0v) is 13.5. The standard InChI is InChI=1S/C17H22ClN3/c1-17(2,3)14-7-5-4-6-13(14)16(21-19)10-12-8-9-20-11-15(12)18/h4-9,11,16,21H,10,19H2,1-3H3. The highest BCUT2D eigenvalue weighted by Gasteiger charge is 2.22. The molecule has 1 unspecified atom stereocenters. The average molecular weight is 304 g/mol. The molecule has 0 aliphatic heterocycles. The van der Waals surface area contributed by atoms with Crippen molar-refractivity contribution in [3.63, 3.8) is 0 Å². The topological polar surface area (TPSA) is 50.9 Å². The second kappa shape index (κ2) is 6.56. The van der Waals surface area contributed by atoms with Crippen molar-refractivity contribution >= 4 is 11.6 Å². The molecule has 112 valence electrons. The van der Waals surface area contributed by atoms with Crippen molar-refractivity contribution in [2.24, 2.45) is 5.84 Å². The first kappa shape index (κ1) is 16.0. The van der Waals surface area contributed by atoms with Gasteiger partial charge in [0.05, 0.1) is 11.1 Å². The second-order valence-corrected chi connectivity index (χ2v) is 6.63. The lowest BCUT2D eigenvalue weighted by Crippen LogP contribution is -2.31. The summed E-state index contributed by atoms with van der Waals surface area (Å²) in [5, 5.41) is 0.672. The van der Waals surface area contributed by atoms with Crippen LogP contribution in [0.15, 0.2) is 42.7 Å². The van der Waals surface area contributed by atoms with Gasteiger partial charge in [-0.3, -0.25) is 16.3 Å². The molecule has 1 heterocycles. The van der Waals surface area contributed by atoms with Gasteiger partial charge in [0.25, 0.3) is 0 Å². The average Bonchev–Trinajstić information content (AvgIpc) is 2.45. The Morgan fingerprint density at radius 3 is 2.57 bits per heavy atom. The Bertz CT molecular complexity index is 605. The van der Waals surface area contributed by atoms with Crippen LogP contribution < -0.4 is 11.3 Å². The highest BCUT2D eigenvalue weighted by atomic mass is 35.5. The first-order valence-electron chi connectivity index (χ1n) is 7.07. The predicted octanol–water partition coefficient (Wildman–Crippen LogP) is 3.78. The fraction of sp³-hybridized carbons (Fsp3) is 0.353. The summed E-state index contributed by atoms with van der Waals surface area (Å²) in [6.45, 7) is 6.62. The first-order valence-corrected chi connectivity index (χ1v) is 7.45. The molecule has 1 atom stereocenters. The third kappa shape index (κ3) is 3.82. The van der Waals surface area contributed by atoms with Gasteiger partial charge in [0.15, 0.2) is 0 Å². The Morgan fingerprint density at radius 1 is 1.24 bits per heavy atom. The zero-order valence-electron chi connectivity index (χ0n) is 12.7. The molecule has 2 rings (SSSR count). The van der Waals surface area contributed by atoms with Crippen LogP contribution in [-0.4, -0.2) is 4.98 Å². The molecule has 0 bridgehead atoms. The van der Waals surface area contributed by atoms with Crippen molar-refractivity contribution in [2.45, 2.75) is 38.6 Å². The lowest BCUT2D eigenvalue weighted by atomic mass is 9.81. The molecule has 3 nitrogen and oxygen atoms in total. The molecule has 0 saturated carbocycles. The molecular formula is C17H22ClN3. The number of halogens is 1. The van der Waals surface area contributed by atoms with Gasteiger partial charge in [0, 0.05) is 12.4 Å². The molecule has 0 radical (unpaired) electrons. The Balaban J connectivity index is 2.37. The Kier molecular flexibility index (Phi) is 4.99. The molecule has 4 heteroatoms. The zero-order chi connectivity index (χ0) is 15.5. The van der Waals surface area contributed by atoms with E-state index in [1.54, 1.807) is 12.4 Å². The summed E-state index contributed by atoms with van der Waals surface area (Å²) in [6, 6.07) is 10.3. The summed E-state index contributed by atoms with van der Waals surface area (Å²) in [7, 11) is 0. The normalized spacial score (nSPS) is 13.2. The van der Waals surface area contributed by atoms with Crippen molar-refractivity contribution in [1.82, 2.24) is 10.4 Å². The summed E-state index contributed by atoms with van der Waals surface area (Å²) in [4.78, 5) is 4.02. The van der Waals surface area contributed by atoms with E-state index >= 15 is 0 Å². The van der Waals surface area contributed by atoms with Crippen LogP contribution in [0.1, 0.15) is 43.5 Å². The second-order valence-electron chi connectivity index (χ2n) is 6.23. The smallest absolute Gasteiger partial charge is 0.0622 e. The Labute approximate surface area is 131 Å². The molecule has 1 aromatic carbocycles. The van der Waals surface area contributed by atoms with Crippen molar-refractivity contribution < 1.29 is 0 Å². The van der Waals surface area contributed by atoms with Gasteiger partial charge in [0.2, 0.25) is 0 Å². The number of hydrazine groups is 1. The molecule has 0 fully saturated rings. The van der Waals surface area contributed by atoms with Crippen LogP contribution in [0.4, 0.5) is 0 Å². The molecule has 1 aromatic heterocycles. The molecule has 0 saturated heterocycles. The van der Waals surface area contributed by atoms with Gasteiger partial charge < -0.3 is 0 Å². The van der Waals surface area contributed by atoms with Gasteiger partial charge in [-0.15, -0.1) is 0 Å². The third-order valence-electron chi connectivity index (χ3n) is 3.63. The SMILES string of the molecule is CC(C)(C)c1ccccc1C(Cc1ccncc1Cl)NN. The van der Waals surface area contributed by atoms with E-state index in [9.17, 15) is 0 Å². The predicted molar refractivity (Wildman–Crippen MR) is 88.2 cm³/mol. The van der Waals surface area contributed by atoms with Gasteiger partial charge in [-0.2, -0.15) is 0 Å². The number of benzene rings is 1. The van der Waals surface area contributed by atoms with Crippen molar-refractivity contribution in [1.29, 1.82) is 0 Å². The van der Waals surface area contributed by atoms with Crippen LogP contribution in [0, 0.1) is 0 Å². The van der Waals surface area contributed by atoms with Crippen LogP contribution in [-0.2, 0) is 11.8 Å². The number of nitrogens with one attached hydrogen (secondary N) is 1. The van der Waals surface area contributed by atoms with E-state index in [2.05, 4.69) is 49.4 Å². The number of hydrogen-bond donors (Lipinski definition) is 2. The molecule has 3 N–H and O–H groups in total. The number of nitrogens with two attached hydrogens (primary N) is 1.